The smallest absolute Gasteiger partial charge is 0.311 e. The summed E-state index contributed by atoms with van der Waals surface area (Å²) in [4.78, 5) is 15.4. The zero-order valence-corrected chi connectivity index (χ0v) is 17.9. The Balaban J connectivity index is 1.72. The second kappa shape index (κ2) is 8.64. The number of fused-ring (bicyclic) bond motifs is 1. The highest BCUT2D eigenvalue weighted by Crippen LogP contribution is 2.36. The van der Waals surface area contributed by atoms with Gasteiger partial charge in [0.05, 0.1) is 15.2 Å². The maximum Gasteiger partial charge on any atom is 0.311 e. The number of hydrogen-bond acceptors (Lipinski definition) is 7. The van der Waals surface area contributed by atoms with Crippen molar-refractivity contribution in [1.29, 1.82) is 0 Å². The van der Waals surface area contributed by atoms with E-state index in [1.165, 1.54) is 18.3 Å². The summed E-state index contributed by atoms with van der Waals surface area (Å²) in [6, 6.07) is 9.65. The van der Waals surface area contributed by atoms with Crippen LogP contribution in [-0.2, 0) is 14.8 Å². The summed E-state index contributed by atoms with van der Waals surface area (Å²) in [5.41, 5.74) is 0.304. The number of pyridine rings is 1. The lowest BCUT2D eigenvalue weighted by molar-refractivity contribution is -0.384. The molecule has 1 aliphatic carbocycles. The van der Waals surface area contributed by atoms with Gasteiger partial charge >= 0.3 is 5.69 Å². The van der Waals surface area contributed by atoms with E-state index in [0.717, 1.165) is 35.9 Å². The highest BCUT2D eigenvalue weighted by molar-refractivity contribution is 7.90. The molecule has 0 atom stereocenters. The van der Waals surface area contributed by atoms with Crippen molar-refractivity contribution < 1.29 is 18.1 Å². The normalized spacial score (nSPS) is 19.4. The van der Waals surface area contributed by atoms with Crippen LogP contribution >= 0.6 is 0 Å². The van der Waals surface area contributed by atoms with Gasteiger partial charge in [0, 0.05) is 26.0 Å². The fraction of sp³-hybridized carbons (Fsp3) is 0.381. The fourth-order valence-electron chi connectivity index (χ4n) is 4.16. The molecule has 1 aromatic carbocycles. The molecule has 0 saturated heterocycles. The summed E-state index contributed by atoms with van der Waals surface area (Å²) >= 11 is 0. The van der Waals surface area contributed by atoms with Gasteiger partial charge in [-0.05, 0) is 49.8 Å². The molecule has 0 aliphatic heterocycles. The molecule has 4 rings (SSSR count). The SMILES string of the molecule is COCC1CCC(Nc2c([N+](=O)[O-])cnc3c2ccn3S(=O)(=O)c2ccccc2)CC1. The average molecular weight is 445 g/mol. The molecule has 3 aromatic rings. The summed E-state index contributed by atoms with van der Waals surface area (Å²) in [5.74, 6) is 0.493. The maximum atomic E-state index is 13.1. The highest BCUT2D eigenvalue weighted by atomic mass is 32.2. The molecule has 0 unspecified atom stereocenters. The van der Waals surface area contributed by atoms with Crippen molar-refractivity contribution in [2.75, 3.05) is 19.0 Å². The second-order valence-corrected chi connectivity index (χ2v) is 9.57. The summed E-state index contributed by atoms with van der Waals surface area (Å²) in [6.45, 7) is 0.715. The summed E-state index contributed by atoms with van der Waals surface area (Å²) in [6.07, 6.45) is 6.17. The number of benzene rings is 1. The largest absolute Gasteiger partial charge is 0.384 e. The van der Waals surface area contributed by atoms with Crippen molar-refractivity contribution in [1.82, 2.24) is 8.96 Å². The summed E-state index contributed by atoms with van der Waals surface area (Å²) < 4.78 is 32.5. The maximum absolute atomic E-state index is 13.1. The first-order chi connectivity index (χ1) is 14.9. The first kappa shape index (κ1) is 21.3. The molecule has 0 amide bonds. The summed E-state index contributed by atoms with van der Waals surface area (Å²) in [7, 11) is -2.19. The van der Waals surface area contributed by atoms with Gasteiger partial charge in [-0.25, -0.2) is 17.4 Å². The highest BCUT2D eigenvalue weighted by Gasteiger charge is 2.28. The Morgan fingerprint density at radius 2 is 1.90 bits per heavy atom. The fourth-order valence-corrected chi connectivity index (χ4v) is 5.48. The van der Waals surface area contributed by atoms with Crippen molar-refractivity contribution in [2.24, 2.45) is 5.92 Å². The topological polar surface area (TPSA) is 116 Å². The molecule has 1 N–H and O–H groups in total. The number of aromatic nitrogens is 2. The summed E-state index contributed by atoms with van der Waals surface area (Å²) in [5, 5.41) is 15.4. The van der Waals surface area contributed by atoms with Crippen molar-refractivity contribution in [3.63, 3.8) is 0 Å². The van der Waals surface area contributed by atoms with E-state index in [-0.39, 0.29) is 22.3 Å². The monoisotopic (exact) mass is 444 g/mol. The first-order valence-corrected chi connectivity index (χ1v) is 11.6. The van der Waals surface area contributed by atoms with E-state index in [2.05, 4.69) is 10.3 Å². The molecular formula is C21H24N4O5S. The first-order valence-electron chi connectivity index (χ1n) is 10.1. The quantitative estimate of drug-likeness (QED) is 0.435. The number of nitro groups is 1. The van der Waals surface area contributed by atoms with Gasteiger partial charge in [-0.3, -0.25) is 10.1 Å². The third kappa shape index (κ3) is 4.13. The number of hydrogen-bond donors (Lipinski definition) is 1. The molecule has 164 valence electrons. The molecule has 2 heterocycles. The molecule has 2 aromatic heterocycles. The number of ether oxygens (including phenoxy) is 1. The van der Waals surface area contributed by atoms with Crippen molar-refractivity contribution >= 4 is 32.4 Å². The van der Waals surface area contributed by atoms with E-state index in [1.807, 2.05) is 0 Å². The molecule has 1 fully saturated rings. The van der Waals surface area contributed by atoms with Crippen LogP contribution < -0.4 is 5.32 Å². The van der Waals surface area contributed by atoms with Crippen LogP contribution in [0.5, 0.6) is 0 Å². The number of rotatable bonds is 7. The minimum Gasteiger partial charge on any atom is -0.384 e. The third-order valence-electron chi connectivity index (χ3n) is 5.76. The van der Waals surface area contributed by atoms with Gasteiger partial charge in [-0.15, -0.1) is 0 Å². The Bertz CT molecular complexity index is 1190. The molecule has 31 heavy (non-hydrogen) atoms. The van der Waals surface area contributed by atoms with E-state index in [4.69, 9.17) is 4.74 Å². The van der Waals surface area contributed by atoms with Crippen LogP contribution in [0.3, 0.4) is 0 Å². The van der Waals surface area contributed by atoms with Gasteiger partial charge in [0.15, 0.2) is 5.65 Å². The van der Waals surface area contributed by atoms with Gasteiger partial charge in [0.25, 0.3) is 10.0 Å². The van der Waals surface area contributed by atoms with E-state index in [1.54, 1.807) is 31.4 Å². The minimum atomic E-state index is -3.88. The van der Waals surface area contributed by atoms with Crippen molar-refractivity contribution in [3.05, 3.63) is 58.9 Å². The van der Waals surface area contributed by atoms with E-state index in [0.29, 0.717) is 23.6 Å². The Morgan fingerprint density at radius 3 is 2.55 bits per heavy atom. The van der Waals surface area contributed by atoms with Gasteiger partial charge in [-0.2, -0.15) is 0 Å². The van der Waals surface area contributed by atoms with Crippen LogP contribution in [-0.4, -0.2) is 42.1 Å². The van der Waals surface area contributed by atoms with E-state index < -0.39 is 14.9 Å². The third-order valence-corrected chi connectivity index (χ3v) is 7.44. The molecule has 0 bridgehead atoms. The van der Waals surface area contributed by atoms with Crippen LogP contribution in [0.2, 0.25) is 0 Å². The zero-order chi connectivity index (χ0) is 22.0. The van der Waals surface area contributed by atoms with Gasteiger partial charge < -0.3 is 10.1 Å². The van der Waals surface area contributed by atoms with E-state index in [9.17, 15) is 18.5 Å². The van der Waals surface area contributed by atoms with Crippen LogP contribution in [0.1, 0.15) is 25.7 Å². The Morgan fingerprint density at radius 1 is 1.19 bits per heavy atom. The second-order valence-electron chi connectivity index (χ2n) is 7.76. The molecule has 9 nitrogen and oxygen atoms in total. The lowest BCUT2D eigenvalue weighted by atomic mass is 9.86. The lowest BCUT2D eigenvalue weighted by Gasteiger charge is -2.29. The Hall–Kier alpha value is -2.98. The molecule has 1 aliphatic rings. The number of nitrogens with zero attached hydrogens (tertiary/aromatic N) is 3. The number of nitrogens with one attached hydrogen (secondary N) is 1. The standard InChI is InChI=1S/C21H24N4O5S/c1-30-14-15-7-9-16(10-8-15)23-20-18-11-12-24(21(18)22-13-19(20)25(26)27)31(28,29)17-5-3-2-4-6-17/h2-6,11-13,15-16H,7-10,14H2,1H3,(H,22,23). The van der Waals surface area contributed by atoms with E-state index >= 15 is 0 Å². The number of anilines is 1. The molecule has 0 spiro atoms. The van der Waals surface area contributed by atoms with Gasteiger partial charge in [0.1, 0.15) is 11.9 Å². The molecular weight excluding hydrogens is 420 g/mol. The molecule has 1 saturated carbocycles. The predicted molar refractivity (Wildman–Crippen MR) is 117 cm³/mol. The lowest BCUT2D eigenvalue weighted by Crippen LogP contribution is -2.28. The average Bonchev–Trinajstić information content (AvgIpc) is 3.21. The molecule has 10 heteroatoms. The van der Waals surface area contributed by atoms with Gasteiger partial charge in [0.2, 0.25) is 0 Å². The van der Waals surface area contributed by atoms with Crippen LogP contribution in [0.25, 0.3) is 11.0 Å². The van der Waals surface area contributed by atoms with Crippen LogP contribution in [0.15, 0.2) is 53.7 Å². The van der Waals surface area contributed by atoms with Crippen LogP contribution in [0.4, 0.5) is 11.4 Å². The predicted octanol–water partition coefficient (Wildman–Crippen LogP) is 3.80. The zero-order valence-electron chi connectivity index (χ0n) is 17.1. The minimum absolute atomic E-state index is 0.0616. The Kier molecular flexibility index (Phi) is 5.92. The Labute approximate surface area is 180 Å². The van der Waals surface area contributed by atoms with Crippen molar-refractivity contribution in [2.45, 2.75) is 36.6 Å². The number of methoxy groups -OCH3 is 1. The van der Waals surface area contributed by atoms with Gasteiger partial charge in [-0.1, -0.05) is 18.2 Å². The van der Waals surface area contributed by atoms with Crippen LogP contribution in [0, 0.1) is 16.0 Å². The van der Waals surface area contributed by atoms with Crippen molar-refractivity contribution in [3.8, 4) is 0 Å². The molecule has 0 radical (unpaired) electrons.